The van der Waals surface area contributed by atoms with Crippen molar-refractivity contribution in [2.45, 2.75) is 361 Å². The molecule has 0 heterocycles. The number of carbonyl (C=O) groups excluding carboxylic acids is 3. The number of unbranched alkanes of at least 4 members (excludes halogenated alkanes) is 38. The fourth-order valence-electron chi connectivity index (χ4n) is 10.2. The molecule has 478 valence electrons. The van der Waals surface area contributed by atoms with Gasteiger partial charge in [0.25, 0.3) is 0 Å². The largest absolute Gasteiger partial charge is 0.462 e. The Kier molecular flexibility index (Phi) is 67.7. The third-order valence-electron chi connectivity index (χ3n) is 15.5. The van der Waals surface area contributed by atoms with Gasteiger partial charge in [-0.2, -0.15) is 0 Å². The molecule has 0 saturated heterocycles. The monoisotopic (exact) mass is 1160 g/mol. The summed E-state index contributed by atoms with van der Waals surface area (Å²) in [5.41, 5.74) is 0. The van der Waals surface area contributed by atoms with Crippen LogP contribution in [0.1, 0.15) is 355 Å². The van der Waals surface area contributed by atoms with Crippen LogP contribution < -0.4 is 0 Å². The summed E-state index contributed by atoms with van der Waals surface area (Å²) in [7, 11) is 0. The predicted octanol–water partition coefficient (Wildman–Crippen LogP) is 24.8. The Morgan fingerprint density at radius 1 is 0.253 bits per heavy atom. The van der Waals surface area contributed by atoms with Crippen LogP contribution in [0.25, 0.3) is 0 Å². The number of carbonyl (C=O) groups is 3. The van der Waals surface area contributed by atoms with Crippen LogP contribution in [0, 0.1) is 0 Å². The van der Waals surface area contributed by atoms with E-state index >= 15 is 0 Å². The summed E-state index contributed by atoms with van der Waals surface area (Å²) >= 11 is 0. The van der Waals surface area contributed by atoms with Crippen LogP contribution in [0.3, 0.4) is 0 Å². The summed E-state index contributed by atoms with van der Waals surface area (Å²) in [6, 6.07) is 0. The molecule has 0 aliphatic heterocycles. The van der Waals surface area contributed by atoms with E-state index < -0.39 is 6.10 Å². The molecule has 6 heteroatoms. The molecular formula is C77H134O6. The summed E-state index contributed by atoms with van der Waals surface area (Å²) in [4.78, 5) is 38.4. The number of allylic oxidation sites excluding steroid dienone is 16. The van der Waals surface area contributed by atoms with Crippen molar-refractivity contribution in [1.82, 2.24) is 0 Å². The highest BCUT2D eigenvalue weighted by Crippen LogP contribution is 2.17. The van der Waals surface area contributed by atoms with E-state index in [0.29, 0.717) is 19.3 Å². The second-order valence-corrected chi connectivity index (χ2v) is 23.8. The highest BCUT2D eigenvalue weighted by Gasteiger charge is 2.19. The zero-order chi connectivity index (χ0) is 59.9. The Labute approximate surface area is 515 Å². The first-order valence-electron chi connectivity index (χ1n) is 35.7. The van der Waals surface area contributed by atoms with Gasteiger partial charge in [-0.25, -0.2) is 0 Å². The first kappa shape index (κ1) is 79.3. The van der Waals surface area contributed by atoms with Crippen LogP contribution >= 0.6 is 0 Å². The Morgan fingerprint density at radius 3 is 0.759 bits per heavy atom. The van der Waals surface area contributed by atoms with Gasteiger partial charge in [0.1, 0.15) is 13.2 Å². The molecule has 6 nitrogen and oxygen atoms in total. The minimum atomic E-state index is -0.787. The molecule has 0 aliphatic carbocycles. The molecule has 0 spiro atoms. The number of esters is 3. The highest BCUT2D eigenvalue weighted by atomic mass is 16.6. The topological polar surface area (TPSA) is 78.9 Å². The molecule has 0 aromatic rings. The molecule has 0 aromatic carbocycles. The van der Waals surface area contributed by atoms with Gasteiger partial charge >= 0.3 is 17.9 Å². The average molecular weight is 1160 g/mol. The van der Waals surface area contributed by atoms with E-state index in [1.54, 1.807) is 0 Å². The van der Waals surface area contributed by atoms with Crippen molar-refractivity contribution in [2.75, 3.05) is 13.2 Å². The predicted molar refractivity (Wildman–Crippen MR) is 362 cm³/mol. The first-order valence-corrected chi connectivity index (χ1v) is 35.7. The maximum Gasteiger partial charge on any atom is 0.306 e. The van der Waals surface area contributed by atoms with Crippen LogP contribution in [-0.4, -0.2) is 37.2 Å². The summed E-state index contributed by atoms with van der Waals surface area (Å²) in [6.07, 6.45) is 95.8. The highest BCUT2D eigenvalue weighted by molar-refractivity contribution is 5.71. The van der Waals surface area contributed by atoms with Crippen molar-refractivity contribution in [3.63, 3.8) is 0 Å². The van der Waals surface area contributed by atoms with Crippen LogP contribution in [0.15, 0.2) is 97.2 Å². The van der Waals surface area contributed by atoms with Crippen molar-refractivity contribution in [1.29, 1.82) is 0 Å². The SMILES string of the molecule is CC/C=C\C/C=C\C/C=C\C/C=C\CCCCCCCCCCC(=O)OC(COC(=O)CCCCCCC/C=C\CCCCCC)COC(=O)CCCCCCCCCCCCCCCCCC/C=C\C/C=C\C/C=C\CCCCCCC. The molecule has 83 heavy (non-hydrogen) atoms. The third-order valence-corrected chi connectivity index (χ3v) is 15.5. The van der Waals surface area contributed by atoms with Gasteiger partial charge in [0.15, 0.2) is 6.10 Å². The Balaban J connectivity index is 4.24. The summed E-state index contributed by atoms with van der Waals surface area (Å²) in [5, 5.41) is 0. The molecule has 1 unspecified atom stereocenters. The molecule has 0 N–H and O–H groups in total. The smallest absolute Gasteiger partial charge is 0.306 e. The van der Waals surface area contributed by atoms with Gasteiger partial charge in [0, 0.05) is 19.3 Å². The Bertz CT molecular complexity index is 1610. The lowest BCUT2D eigenvalue weighted by molar-refractivity contribution is -0.167. The van der Waals surface area contributed by atoms with Crippen molar-refractivity contribution >= 4 is 17.9 Å². The van der Waals surface area contributed by atoms with Gasteiger partial charge in [0.05, 0.1) is 0 Å². The Morgan fingerprint density at radius 2 is 0.470 bits per heavy atom. The lowest BCUT2D eigenvalue weighted by Gasteiger charge is -2.18. The quantitative estimate of drug-likeness (QED) is 0.0261. The normalized spacial score (nSPS) is 12.7. The summed E-state index contributed by atoms with van der Waals surface area (Å²) < 4.78 is 17.0. The molecule has 0 bridgehead atoms. The molecule has 0 aromatic heterocycles. The molecule has 0 amide bonds. The van der Waals surface area contributed by atoms with Crippen molar-refractivity contribution < 1.29 is 28.6 Å². The standard InChI is InChI=1S/C77H134O6/c1-4-7-10-13-16-19-22-25-27-29-31-33-34-35-36-37-38-39-40-41-42-44-45-47-49-52-55-58-61-64-67-70-76(79)82-73-74(72-81-75(78)69-66-63-60-57-54-51-24-21-18-15-12-9-6-3)83-77(80)71-68-65-62-59-56-53-50-48-46-43-32-30-28-26-23-20-17-14-11-8-5-2/h8,11,17,20-22,24-26,28-29,31-32,34-35,43,74H,4-7,9-10,12-16,18-19,23,27,30,33,36-42,44-73H2,1-3H3/b11-8-,20-17-,24-21-,25-22-,28-26-,31-29-,35-34-,43-32-. The van der Waals surface area contributed by atoms with E-state index in [1.165, 1.54) is 205 Å². The van der Waals surface area contributed by atoms with Gasteiger partial charge in [-0.3, -0.25) is 14.4 Å². The fraction of sp³-hybridized carbons (Fsp3) is 0.753. The number of hydrogen-bond donors (Lipinski definition) is 0. The lowest BCUT2D eigenvalue weighted by Crippen LogP contribution is -2.30. The first-order chi connectivity index (χ1) is 41.0. The maximum absolute atomic E-state index is 12.9. The van der Waals surface area contributed by atoms with Gasteiger partial charge in [-0.05, 0) is 122 Å². The molecule has 1 atom stereocenters. The zero-order valence-corrected chi connectivity index (χ0v) is 54.9. The zero-order valence-electron chi connectivity index (χ0n) is 54.9. The third kappa shape index (κ3) is 69.0. The van der Waals surface area contributed by atoms with E-state index in [0.717, 1.165) is 109 Å². The van der Waals surface area contributed by atoms with Crippen LogP contribution in [0.4, 0.5) is 0 Å². The van der Waals surface area contributed by atoms with Crippen molar-refractivity contribution in [3.05, 3.63) is 97.2 Å². The van der Waals surface area contributed by atoms with Gasteiger partial charge in [-0.1, -0.05) is 311 Å². The van der Waals surface area contributed by atoms with E-state index in [1.807, 2.05) is 0 Å². The van der Waals surface area contributed by atoms with E-state index in [9.17, 15) is 14.4 Å². The Hall–Kier alpha value is -3.67. The number of ether oxygens (including phenoxy) is 3. The molecule has 0 radical (unpaired) electrons. The molecule has 0 fully saturated rings. The van der Waals surface area contributed by atoms with Crippen LogP contribution in [0.5, 0.6) is 0 Å². The average Bonchev–Trinajstić information content (AvgIpc) is 3.49. The van der Waals surface area contributed by atoms with Crippen LogP contribution in [-0.2, 0) is 28.6 Å². The molecule has 0 rings (SSSR count). The second kappa shape index (κ2) is 70.8. The van der Waals surface area contributed by atoms with Crippen molar-refractivity contribution in [3.8, 4) is 0 Å². The number of hydrogen-bond acceptors (Lipinski definition) is 6. The lowest BCUT2D eigenvalue weighted by atomic mass is 10.0. The fourth-order valence-corrected chi connectivity index (χ4v) is 10.2. The van der Waals surface area contributed by atoms with Gasteiger partial charge in [-0.15, -0.1) is 0 Å². The molecular weight excluding hydrogens is 1020 g/mol. The second-order valence-electron chi connectivity index (χ2n) is 23.8. The van der Waals surface area contributed by atoms with Gasteiger partial charge in [0.2, 0.25) is 0 Å². The van der Waals surface area contributed by atoms with E-state index in [-0.39, 0.29) is 31.1 Å². The van der Waals surface area contributed by atoms with Crippen LogP contribution in [0.2, 0.25) is 0 Å². The minimum Gasteiger partial charge on any atom is -0.462 e. The van der Waals surface area contributed by atoms with Gasteiger partial charge < -0.3 is 14.2 Å². The number of rotatable bonds is 65. The summed E-state index contributed by atoms with van der Waals surface area (Å²) in [6.45, 7) is 6.53. The molecule has 0 aliphatic rings. The molecule has 0 saturated carbocycles. The van der Waals surface area contributed by atoms with Crippen molar-refractivity contribution in [2.24, 2.45) is 0 Å². The van der Waals surface area contributed by atoms with E-state index in [4.69, 9.17) is 14.2 Å². The van der Waals surface area contributed by atoms with E-state index in [2.05, 4.69) is 118 Å². The summed E-state index contributed by atoms with van der Waals surface area (Å²) in [5.74, 6) is -0.883. The maximum atomic E-state index is 12.9. The minimum absolute atomic E-state index is 0.0812.